The number of nitrogens with zero attached hydrogens (tertiary/aromatic N) is 1. The van der Waals surface area contributed by atoms with Crippen LogP contribution in [0.4, 0.5) is 0 Å². The molecule has 4 nitrogen and oxygen atoms in total. The smallest absolute Gasteiger partial charge is 0.309 e. The second-order valence-electron chi connectivity index (χ2n) is 4.29. The van der Waals surface area contributed by atoms with Gasteiger partial charge in [0, 0.05) is 13.1 Å². The Hall–Kier alpha value is -1.55. The van der Waals surface area contributed by atoms with Crippen LogP contribution >= 0.6 is 0 Å². The molecule has 0 spiro atoms. The van der Waals surface area contributed by atoms with Gasteiger partial charge in [0.25, 0.3) is 0 Å². The predicted octanol–water partition coefficient (Wildman–Crippen LogP) is 1.63. The van der Waals surface area contributed by atoms with Crippen LogP contribution in [0.1, 0.15) is 12.5 Å². The fraction of sp³-hybridized carbons (Fsp3) is 0.462. The highest BCUT2D eigenvalue weighted by molar-refractivity contribution is 5.72. The Kier molecular flexibility index (Phi) is 4.97. The van der Waals surface area contributed by atoms with Crippen molar-refractivity contribution in [3.8, 4) is 5.75 Å². The summed E-state index contributed by atoms with van der Waals surface area (Å²) in [5.41, 5.74) is 1.10. The van der Waals surface area contributed by atoms with Crippen LogP contribution in [0.2, 0.25) is 0 Å². The lowest BCUT2D eigenvalue weighted by Crippen LogP contribution is -2.29. The lowest BCUT2D eigenvalue weighted by molar-refractivity contribution is -0.145. The minimum absolute atomic E-state index is 0.137. The second-order valence-corrected chi connectivity index (χ2v) is 4.29. The van der Waals surface area contributed by atoms with Gasteiger partial charge in [-0.3, -0.25) is 4.79 Å². The molecule has 1 aromatic carbocycles. The monoisotopic (exact) mass is 237 g/mol. The number of methoxy groups -OCH3 is 1. The standard InChI is InChI=1S/C13H19NO3/c1-10(13(16)17-3)8-14(2)9-11-4-6-12(15)7-5-11/h4-7,10,15H,8-9H2,1-3H3. The Labute approximate surface area is 102 Å². The maximum Gasteiger partial charge on any atom is 0.309 e. The third-order valence-corrected chi connectivity index (χ3v) is 2.58. The molecule has 0 amide bonds. The first kappa shape index (κ1) is 13.5. The number of phenols is 1. The van der Waals surface area contributed by atoms with Crippen molar-refractivity contribution in [2.24, 2.45) is 5.92 Å². The van der Waals surface area contributed by atoms with Gasteiger partial charge in [-0.2, -0.15) is 0 Å². The molecule has 0 aliphatic rings. The van der Waals surface area contributed by atoms with Crippen molar-refractivity contribution >= 4 is 5.97 Å². The van der Waals surface area contributed by atoms with Gasteiger partial charge in [-0.25, -0.2) is 0 Å². The van der Waals surface area contributed by atoms with Gasteiger partial charge in [-0.15, -0.1) is 0 Å². The molecule has 1 atom stereocenters. The van der Waals surface area contributed by atoms with Crippen LogP contribution in [0.25, 0.3) is 0 Å². The number of carbonyl (C=O) groups excluding carboxylic acids is 1. The van der Waals surface area contributed by atoms with E-state index in [1.165, 1.54) is 7.11 Å². The van der Waals surface area contributed by atoms with E-state index in [1.54, 1.807) is 12.1 Å². The normalized spacial score (nSPS) is 12.5. The van der Waals surface area contributed by atoms with Crippen LogP contribution < -0.4 is 0 Å². The molecule has 1 unspecified atom stereocenters. The van der Waals surface area contributed by atoms with E-state index in [4.69, 9.17) is 5.11 Å². The Morgan fingerprint density at radius 1 is 1.41 bits per heavy atom. The third kappa shape index (κ3) is 4.44. The zero-order chi connectivity index (χ0) is 12.8. The summed E-state index contributed by atoms with van der Waals surface area (Å²) in [4.78, 5) is 13.3. The zero-order valence-electron chi connectivity index (χ0n) is 10.5. The number of aromatic hydroxyl groups is 1. The van der Waals surface area contributed by atoms with Gasteiger partial charge in [-0.05, 0) is 24.7 Å². The fourth-order valence-electron chi connectivity index (χ4n) is 1.72. The van der Waals surface area contributed by atoms with Crippen molar-refractivity contribution in [3.63, 3.8) is 0 Å². The summed E-state index contributed by atoms with van der Waals surface area (Å²) in [5, 5.41) is 9.17. The van der Waals surface area contributed by atoms with Gasteiger partial charge in [0.15, 0.2) is 0 Å². The Morgan fingerprint density at radius 2 is 2.00 bits per heavy atom. The van der Waals surface area contributed by atoms with E-state index in [1.807, 2.05) is 31.0 Å². The summed E-state index contributed by atoms with van der Waals surface area (Å²) in [5.74, 6) is -0.0657. The van der Waals surface area contributed by atoms with E-state index >= 15 is 0 Å². The van der Waals surface area contributed by atoms with Crippen molar-refractivity contribution in [3.05, 3.63) is 29.8 Å². The van der Waals surface area contributed by atoms with Crippen LogP contribution in [0, 0.1) is 5.92 Å². The number of esters is 1. The van der Waals surface area contributed by atoms with E-state index < -0.39 is 0 Å². The molecule has 0 radical (unpaired) electrons. The molecule has 4 heteroatoms. The van der Waals surface area contributed by atoms with Gasteiger partial charge >= 0.3 is 5.97 Å². The first-order valence-electron chi connectivity index (χ1n) is 5.57. The van der Waals surface area contributed by atoms with Crippen LogP contribution in [0.3, 0.4) is 0 Å². The SMILES string of the molecule is COC(=O)C(C)CN(C)Cc1ccc(O)cc1. The van der Waals surface area contributed by atoms with Gasteiger partial charge in [0.1, 0.15) is 5.75 Å². The number of benzene rings is 1. The molecule has 0 aromatic heterocycles. The molecule has 0 fully saturated rings. The van der Waals surface area contributed by atoms with Crippen LogP contribution in [-0.2, 0) is 16.1 Å². The van der Waals surface area contributed by atoms with Gasteiger partial charge in [0.2, 0.25) is 0 Å². The Bertz CT molecular complexity index is 361. The second kappa shape index (κ2) is 6.25. The molecular weight excluding hydrogens is 218 g/mol. The first-order valence-corrected chi connectivity index (χ1v) is 5.57. The minimum Gasteiger partial charge on any atom is -0.508 e. The number of ether oxygens (including phenoxy) is 1. The van der Waals surface area contributed by atoms with Crippen molar-refractivity contribution < 1.29 is 14.6 Å². The largest absolute Gasteiger partial charge is 0.508 e. The minimum atomic E-state index is -0.192. The number of hydrogen-bond donors (Lipinski definition) is 1. The highest BCUT2D eigenvalue weighted by Crippen LogP contribution is 2.12. The van der Waals surface area contributed by atoms with Crippen LogP contribution in [0.5, 0.6) is 5.75 Å². The number of carbonyl (C=O) groups is 1. The molecule has 0 heterocycles. The highest BCUT2D eigenvalue weighted by atomic mass is 16.5. The molecule has 17 heavy (non-hydrogen) atoms. The fourth-order valence-corrected chi connectivity index (χ4v) is 1.72. The van der Waals surface area contributed by atoms with Crippen molar-refractivity contribution in [1.29, 1.82) is 0 Å². The number of phenolic OH excluding ortho intramolecular Hbond substituents is 1. The van der Waals surface area contributed by atoms with E-state index in [0.29, 0.717) is 6.54 Å². The topological polar surface area (TPSA) is 49.8 Å². The Balaban J connectivity index is 2.46. The molecule has 0 aliphatic carbocycles. The van der Waals surface area contributed by atoms with Gasteiger partial charge in [-0.1, -0.05) is 19.1 Å². The summed E-state index contributed by atoms with van der Waals surface area (Å²) >= 11 is 0. The van der Waals surface area contributed by atoms with E-state index in [2.05, 4.69) is 4.74 Å². The molecule has 1 N–H and O–H groups in total. The maximum absolute atomic E-state index is 11.3. The molecular formula is C13H19NO3. The van der Waals surface area contributed by atoms with Gasteiger partial charge in [0.05, 0.1) is 13.0 Å². The molecule has 94 valence electrons. The molecule has 0 saturated carbocycles. The molecule has 1 rings (SSSR count). The average Bonchev–Trinajstić information content (AvgIpc) is 2.30. The van der Waals surface area contributed by atoms with Crippen LogP contribution in [0.15, 0.2) is 24.3 Å². The highest BCUT2D eigenvalue weighted by Gasteiger charge is 2.15. The average molecular weight is 237 g/mol. The summed E-state index contributed by atoms with van der Waals surface area (Å²) in [6, 6.07) is 7.06. The lowest BCUT2D eigenvalue weighted by Gasteiger charge is -2.19. The van der Waals surface area contributed by atoms with Crippen molar-refractivity contribution in [2.75, 3.05) is 20.7 Å². The quantitative estimate of drug-likeness (QED) is 0.791. The molecule has 0 saturated heterocycles. The zero-order valence-corrected chi connectivity index (χ0v) is 10.5. The van der Waals surface area contributed by atoms with Crippen LogP contribution in [-0.4, -0.2) is 36.7 Å². The van der Waals surface area contributed by atoms with Crippen molar-refractivity contribution in [2.45, 2.75) is 13.5 Å². The summed E-state index contributed by atoms with van der Waals surface area (Å²) in [6.07, 6.45) is 0. The molecule has 0 bridgehead atoms. The lowest BCUT2D eigenvalue weighted by atomic mass is 10.1. The third-order valence-electron chi connectivity index (χ3n) is 2.58. The summed E-state index contributed by atoms with van der Waals surface area (Å²) < 4.78 is 4.68. The number of hydrogen-bond acceptors (Lipinski definition) is 4. The van der Waals surface area contributed by atoms with Crippen molar-refractivity contribution in [1.82, 2.24) is 4.90 Å². The van der Waals surface area contributed by atoms with E-state index in [0.717, 1.165) is 12.1 Å². The molecule has 0 aliphatic heterocycles. The molecule has 1 aromatic rings. The summed E-state index contributed by atoms with van der Waals surface area (Å²) in [6.45, 7) is 3.23. The predicted molar refractivity (Wildman–Crippen MR) is 65.6 cm³/mol. The summed E-state index contributed by atoms with van der Waals surface area (Å²) in [7, 11) is 3.35. The first-order chi connectivity index (χ1) is 8.02. The Morgan fingerprint density at radius 3 is 2.53 bits per heavy atom. The van der Waals surface area contributed by atoms with Gasteiger partial charge < -0.3 is 14.7 Å². The van der Waals surface area contributed by atoms with E-state index in [9.17, 15) is 4.79 Å². The number of rotatable bonds is 5. The maximum atomic E-state index is 11.3. The van der Waals surface area contributed by atoms with E-state index in [-0.39, 0.29) is 17.6 Å².